The SMILES string of the molecule is CC(=O)NCCc1ccc(C(=O)C(C)Sc2nncn2-c2cccc(NC(C)=O)c2)cc1. The number of anilines is 1. The Morgan fingerprint density at radius 2 is 1.81 bits per heavy atom. The van der Waals surface area contributed by atoms with Crippen LogP contribution in [-0.4, -0.2) is 44.2 Å². The molecule has 1 atom stereocenters. The zero-order valence-electron chi connectivity index (χ0n) is 18.2. The number of hydrogen-bond acceptors (Lipinski definition) is 6. The minimum atomic E-state index is -0.373. The van der Waals surface area contributed by atoms with Crippen LogP contribution in [0, 0.1) is 0 Å². The van der Waals surface area contributed by atoms with Gasteiger partial charge >= 0.3 is 0 Å². The molecule has 1 heterocycles. The summed E-state index contributed by atoms with van der Waals surface area (Å²) in [6, 6.07) is 14.8. The quantitative estimate of drug-likeness (QED) is 0.382. The zero-order valence-corrected chi connectivity index (χ0v) is 19.0. The van der Waals surface area contributed by atoms with Crippen molar-refractivity contribution in [3.05, 3.63) is 66.0 Å². The fraction of sp³-hybridized carbons (Fsp3) is 0.261. The maximum Gasteiger partial charge on any atom is 0.221 e. The predicted molar refractivity (Wildman–Crippen MR) is 124 cm³/mol. The molecule has 0 aliphatic rings. The molecule has 0 saturated heterocycles. The van der Waals surface area contributed by atoms with Crippen molar-refractivity contribution in [1.82, 2.24) is 20.1 Å². The number of rotatable bonds is 9. The maximum atomic E-state index is 12.9. The summed E-state index contributed by atoms with van der Waals surface area (Å²) in [5, 5.41) is 13.9. The van der Waals surface area contributed by atoms with E-state index in [0.29, 0.717) is 29.4 Å². The van der Waals surface area contributed by atoms with Crippen molar-refractivity contribution in [3.63, 3.8) is 0 Å². The Balaban J connectivity index is 1.67. The van der Waals surface area contributed by atoms with E-state index < -0.39 is 0 Å². The fourth-order valence-electron chi connectivity index (χ4n) is 3.08. The minimum Gasteiger partial charge on any atom is -0.356 e. The Kier molecular flexibility index (Phi) is 7.77. The lowest BCUT2D eigenvalue weighted by Gasteiger charge is -2.12. The van der Waals surface area contributed by atoms with Crippen LogP contribution >= 0.6 is 11.8 Å². The lowest BCUT2D eigenvalue weighted by molar-refractivity contribution is -0.119. The summed E-state index contributed by atoms with van der Waals surface area (Å²) in [7, 11) is 0. The summed E-state index contributed by atoms with van der Waals surface area (Å²) in [5.41, 5.74) is 3.12. The van der Waals surface area contributed by atoms with Crippen LogP contribution in [0.2, 0.25) is 0 Å². The van der Waals surface area contributed by atoms with Crippen LogP contribution in [0.25, 0.3) is 5.69 Å². The van der Waals surface area contributed by atoms with Crippen LogP contribution in [0.4, 0.5) is 5.69 Å². The second-order valence-electron chi connectivity index (χ2n) is 7.27. The van der Waals surface area contributed by atoms with Crippen LogP contribution in [0.3, 0.4) is 0 Å². The number of carbonyl (C=O) groups is 3. The second kappa shape index (κ2) is 10.7. The lowest BCUT2D eigenvalue weighted by atomic mass is 10.0. The van der Waals surface area contributed by atoms with Gasteiger partial charge in [0.15, 0.2) is 10.9 Å². The summed E-state index contributed by atoms with van der Waals surface area (Å²) in [6.45, 7) is 5.34. The summed E-state index contributed by atoms with van der Waals surface area (Å²) in [6.07, 6.45) is 2.29. The number of nitrogens with zero attached hydrogens (tertiary/aromatic N) is 3. The van der Waals surface area contributed by atoms with Crippen LogP contribution in [0.5, 0.6) is 0 Å². The molecule has 9 heteroatoms. The van der Waals surface area contributed by atoms with E-state index in [1.54, 1.807) is 17.0 Å². The Bertz CT molecular complexity index is 1110. The van der Waals surface area contributed by atoms with Gasteiger partial charge in [-0.25, -0.2) is 0 Å². The number of amides is 2. The summed E-state index contributed by atoms with van der Waals surface area (Å²) in [5.74, 6) is -0.219. The van der Waals surface area contributed by atoms with E-state index in [4.69, 9.17) is 0 Å². The van der Waals surface area contributed by atoms with Crippen molar-refractivity contribution >= 4 is 35.0 Å². The number of carbonyl (C=O) groups excluding carboxylic acids is 3. The van der Waals surface area contributed by atoms with E-state index >= 15 is 0 Å². The van der Waals surface area contributed by atoms with Crippen molar-refractivity contribution in [2.45, 2.75) is 37.6 Å². The normalized spacial score (nSPS) is 11.6. The van der Waals surface area contributed by atoms with Gasteiger partial charge in [-0.3, -0.25) is 19.0 Å². The zero-order chi connectivity index (χ0) is 23.1. The van der Waals surface area contributed by atoms with E-state index in [1.807, 2.05) is 49.4 Å². The number of Topliss-reactive ketones (excluding diaryl/α,β-unsaturated/α-hetero) is 1. The van der Waals surface area contributed by atoms with Crippen LogP contribution in [-0.2, 0) is 16.0 Å². The Hall–Kier alpha value is -3.46. The molecule has 0 saturated carbocycles. The molecule has 0 aliphatic heterocycles. The monoisotopic (exact) mass is 451 g/mol. The van der Waals surface area contributed by atoms with Gasteiger partial charge in [-0.05, 0) is 37.1 Å². The van der Waals surface area contributed by atoms with Gasteiger partial charge in [0.05, 0.1) is 10.9 Å². The average molecular weight is 452 g/mol. The highest BCUT2D eigenvalue weighted by atomic mass is 32.2. The third-order valence-electron chi connectivity index (χ3n) is 4.64. The third-order valence-corrected chi connectivity index (χ3v) is 5.70. The molecule has 166 valence electrons. The van der Waals surface area contributed by atoms with E-state index in [1.165, 1.54) is 25.6 Å². The first-order chi connectivity index (χ1) is 15.3. The Morgan fingerprint density at radius 1 is 1.06 bits per heavy atom. The van der Waals surface area contributed by atoms with Crippen molar-refractivity contribution < 1.29 is 14.4 Å². The average Bonchev–Trinajstić information content (AvgIpc) is 3.21. The van der Waals surface area contributed by atoms with Gasteiger partial charge in [-0.2, -0.15) is 0 Å². The Morgan fingerprint density at radius 3 is 2.50 bits per heavy atom. The first kappa shape index (κ1) is 23.2. The molecule has 3 rings (SSSR count). The molecule has 2 aromatic carbocycles. The molecular weight excluding hydrogens is 426 g/mol. The molecule has 1 aromatic heterocycles. The molecule has 8 nitrogen and oxygen atoms in total. The molecule has 2 N–H and O–H groups in total. The van der Waals surface area contributed by atoms with Crippen LogP contribution < -0.4 is 10.6 Å². The number of aromatic nitrogens is 3. The predicted octanol–water partition coefficient (Wildman–Crippen LogP) is 3.27. The molecule has 0 spiro atoms. The molecular formula is C23H25N5O3S. The fourth-order valence-corrected chi connectivity index (χ4v) is 4.00. The van der Waals surface area contributed by atoms with Crippen molar-refractivity contribution in [3.8, 4) is 5.69 Å². The van der Waals surface area contributed by atoms with Gasteiger partial charge in [0.1, 0.15) is 6.33 Å². The van der Waals surface area contributed by atoms with E-state index in [-0.39, 0.29) is 22.8 Å². The highest BCUT2D eigenvalue weighted by Gasteiger charge is 2.20. The molecule has 0 aliphatic carbocycles. The Labute approximate surface area is 190 Å². The first-order valence-electron chi connectivity index (χ1n) is 10.2. The smallest absolute Gasteiger partial charge is 0.221 e. The number of hydrogen-bond donors (Lipinski definition) is 2. The molecule has 1 unspecified atom stereocenters. The largest absolute Gasteiger partial charge is 0.356 e. The summed E-state index contributed by atoms with van der Waals surface area (Å²) in [4.78, 5) is 35.2. The van der Waals surface area contributed by atoms with Gasteiger partial charge in [0.25, 0.3) is 0 Å². The van der Waals surface area contributed by atoms with Gasteiger partial charge in [-0.1, -0.05) is 42.1 Å². The topological polar surface area (TPSA) is 106 Å². The summed E-state index contributed by atoms with van der Waals surface area (Å²) < 4.78 is 1.78. The standard InChI is InChI=1S/C23H25N5O3S/c1-15(22(31)19-9-7-18(8-10-19)11-12-24-16(2)29)32-23-27-25-14-28(23)21-6-4-5-20(13-21)26-17(3)30/h4-10,13-15H,11-12H2,1-3H3,(H,24,29)(H,26,30). The third kappa shape index (κ3) is 6.27. The van der Waals surface area contributed by atoms with E-state index in [9.17, 15) is 14.4 Å². The molecule has 0 radical (unpaired) electrons. The van der Waals surface area contributed by atoms with Gasteiger partial charge < -0.3 is 10.6 Å². The lowest BCUT2D eigenvalue weighted by Crippen LogP contribution is -2.22. The maximum absolute atomic E-state index is 12.9. The number of benzene rings is 2. The molecule has 3 aromatic rings. The van der Waals surface area contributed by atoms with Gasteiger partial charge in [-0.15, -0.1) is 10.2 Å². The highest BCUT2D eigenvalue weighted by molar-refractivity contribution is 8.00. The van der Waals surface area contributed by atoms with Gasteiger partial charge in [0.2, 0.25) is 11.8 Å². The van der Waals surface area contributed by atoms with Crippen molar-refractivity contribution in [1.29, 1.82) is 0 Å². The highest BCUT2D eigenvalue weighted by Crippen LogP contribution is 2.27. The molecule has 0 bridgehead atoms. The molecule has 0 fully saturated rings. The van der Waals surface area contributed by atoms with E-state index in [2.05, 4.69) is 20.8 Å². The van der Waals surface area contributed by atoms with Crippen LogP contribution in [0.1, 0.15) is 36.7 Å². The number of thioether (sulfide) groups is 1. The summed E-state index contributed by atoms with van der Waals surface area (Å²) >= 11 is 1.32. The van der Waals surface area contributed by atoms with Crippen molar-refractivity contribution in [2.75, 3.05) is 11.9 Å². The number of ketones is 1. The molecule has 2 amide bonds. The van der Waals surface area contributed by atoms with Crippen molar-refractivity contribution in [2.24, 2.45) is 0 Å². The number of nitrogens with one attached hydrogen (secondary N) is 2. The van der Waals surface area contributed by atoms with Crippen LogP contribution in [0.15, 0.2) is 60.0 Å². The second-order valence-corrected chi connectivity index (χ2v) is 8.58. The minimum absolute atomic E-state index is 0.00930. The van der Waals surface area contributed by atoms with E-state index in [0.717, 1.165) is 11.3 Å². The van der Waals surface area contributed by atoms with Gasteiger partial charge in [0, 0.05) is 31.6 Å². The first-order valence-corrected chi connectivity index (χ1v) is 11.0. The molecule has 32 heavy (non-hydrogen) atoms.